The van der Waals surface area contributed by atoms with E-state index in [0.29, 0.717) is 44.2 Å². The number of ether oxygens (including phenoxy) is 1. The first kappa shape index (κ1) is 21.2. The summed E-state index contributed by atoms with van der Waals surface area (Å²) in [6.45, 7) is 6.82. The van der Waals surface area contributed by atoms with Crippen molar-refractivity contribution in [2.75, 3.05) is 51.1 Å². The van der Waals surface area contributed by atoms with Gasteiger partial charge in [0.25, 0.3) is 0 Å². The second-order valence-corrected chi connectivity index (χ2v) is 8.20. The lowest BCUT2D eigenvalue weighted by molar-refractivity contribution is -0.131. The number of benzene rings is 2. The molecule has 2 fully saturated rings. The second kappa shape index (κ2) is 9.83. The van der Waals surface area contributed by atoms with Crippen molar-refractivity contribution in [3.63, 3.8) is 0 Å². The van der Waals surface area contributed by atoms with Gasteiger partial charge in [-0.3, -0.25) is 9.69 Å². The van der Waals surface area contributed by atoms with Crippen LogP contribution in [0.3, 0.4) is 0 Å². The lowest BCUT2D eigenvalue weighted by Gasteiger charge is -2.35. The number of hydrogen-bond donors (Lipinski definition) is 1. The van der Waals surface area contributed by atoms with Crippen molar-refractivity contribution in [2.45, 2.75) is 19.8 Å². The number of rotatable bonds is 5. The standard InChI is InChI=1S/C24H30N4O3/c1-19-7-6-8-20(17-19)31-22-10-3-2-9-21(22)25-24(30)28-15-13-26(14-16-28)18-23(29)27-11-4-5-12-27/h2-3,6-10,17H,4-5,11-16,18H2,1H3,(H,25,30). The molecule has 7 nitrogen and oxygen atoms in total. The van der Waals surface area contributed by atoms with Crippen molar-refractivity contribution in [1.29, 1.82) is 0 Å². The van der Waals surface area contributed by atoms with Crippen LogP contribution in [0.4, 0.5) is 10.5 Å². The summed E-state index contributed by atoms with van der Waals surface area (Å²) in [5.41, 5.74) is 1.75. The van der Waals surface area contributed by atoms with Crippen molar-refractivity contribution in [2.24, 2.45) is 0 Å². The Labute approximate surface area is 183 Å². The fourth-order valence-electron chi connectivity index (χ4n) is 4.03. The van der Waals surface area contributed by atoms with Gasteiger partial charge in [-0.2, -0.15) is 0 Å². The molecule has 2 heterocycles. The fourth-order valence-corrected chi connectivity index (χ4v) is 4.03. The van der Waals surface area contributed by atoms with Crippen molar-refractivity contribution in [1.82, 2.24) is 14.7 Å². The van der Waals surface area contributed by atoms with E-state index in [2.05, 4.69) is 10.2 Å². The monoisotopic (exact) mass is 422 g/mol. The molecule has 0 unspecified atom stereocenters. The SMILES string of the molecule is Cc1cccc(Oc2ccccc2NC(=O)N2CCN(CC(=O)N3CCCC3)CC2)c1. The molecule has 0 aliphatic carbocycles. The van der Waals surface area contributed by atoms with Crippen LogP contribution in [0.25, 0.3) is 0 Å². The van der Waals surface area contributed by atoms with Crippen molar-refractivity contribution < 1.29 is 14.3 Å². The molecule has 3 amide bonds. The number of carbonyl (C=O) groups excluding carboxylic acids is 2. The fraction of sp³-hybridized carbons (Fsp3) is 0.417. The number of piperazine rings is 1. The molecule has 2 aromatic carbocycles. The van der Waals surface area contributed by atoms with Crippen molar-refractivity contribution >= 4 is 17.6 Å². The number of nitrogens with zero attached hydrogens (tertiary/aromatic N) is 3. The third-order valence-electron chi connectivity index (χ3n) is 5.82. The minimum atomic E-state index is -0.147. The van der Waals surface area contributed by atoms with Gasteiger partial charge in [0.2, 0.25) is 5.91 Å². The van der Waals surface area contributed by atoms with Crippen LogP contribution in [-0.2, 0) is 4.79 Å². The topological polar surface area (TPSA) is 65.1 Å². The molecule has 164 valence electrons. The molecule has 2 saturated heterocycles. The quantitative estimate of drug-likeness (QED) is 0.800. The third kappa shape index (κ3) is 5.55. The first-order valence-corrected chi connectivity index (χ1v) is 11.0. The van der Waals surface area contributed by atoms with Crippen LogP contribution in [0.2, 0.25) is 0 Å². The minimum absolute atomic E-state index is 0.147. The zero-order valence-electron chi connectivity index (χ0n) is 18.0. The Bertz CT molecular complexity index is 919. The average molecular weight is 423 g/mol. The normalized spacial score (nSPS) is 16.9. The largest absolute Gasteiger partial charge is 0.455 e. The summed E-state index contributed by atoms with van der Waals surface area (Å²) >= 11 is 0. The van der Waals surface area contributed by atoms with Gasteiger partial charge in [0.05, 0.1) is 12.2 Å². The molecule has 1 N–H and O–H groups in total. The van der Waals surface area contributed by atoms with Crippen LogP contribution in [0, 0.1) is 6.92 Å². The summed E-state index contributed by atoms with van der Waals surface area (Å²) in [6, 6.07) is 15.1. The highest BCUT2D eigenvalue weighted by atomic mass is 16.5. The summed E-state index contributed by atoms with van der Waals surface area (Å²) in [7, 11) is 0. The molecule has 31 heavy (non-hydrogen) atoms. The molecule has 7 heteroatoms. The van der Waals surface area contributed by atoms with Gasteiger partial charge in [0.1, 0.15) is 5.75 Å². The number of amides is 3. The predicted molar refractivity (Wildman–Crippen MR) is 121 cm³/mol. The number of nitrogens with one attached hydrogen (secondary N) is 1. The van der Waals surface area contributed by atoms with Crippen LogP contribution >= 0.6 is 0 Å². The summed E-state index contributed by atoms with van der Waals surface area (Å²) in [5.74, 6) is 1.55. The Morgan fingerprint density at radius 2 is 1.65 bits per heavy atom. The van der Waals surface area contributed by atoms with Gasteiger partial charge >= 0.3 is 6.03 Å². The van der Waals surface area contributed by atoms with Crippen LogP contribution < -0.4 is 10.1 Å². The molecule has 0 radical (unpaired) electrons. The number of anilines is 1. The van der Waals surface area contributed by atoms with E-state index >= 15 is 0 Å². The summed E-state index contributed by atoms with van der Waals surface area (Å²) in [4.78, 5) is 31.1. The number of urea groups is 1. The van der Waals surface area contributed by atoms with Gasteiger partial charge in [-0.15, -0.1) is 0 Å². The summed E-state index contributed by atoms with van der Waals surface area (Å²) in [5, 5.41) is 2.98. The second-order valence-electron chi connectivity index (χ2n) is 8.20. The molecule has 0 aromatic heterocycles. The Balaban J connectivity index is 1.30. The molecule has 2 aromatic rings. The molecular weight excluding hydrogens is 392 g/mol. The molecule has 0 spiro atoms. The lowest BCUT2D eigenvalue weighted by atomic mass is 10.2. The molecule has 0 bridgehead atoms. The number of hydrogen-bond acceptors (Lipinski definition) is 4. The van der Waals surface area contributed by atoms with E-state index in [1.165, 1.54) is 0 Å². The maximum Gasteiger partial charge on any atom is 0.322 e. The number of carbonyl (C=O) groups is 2. The van der Waals surface area contributed by atoms with Crippen LogP contribution in [0.1, 0.15) is 18.4 Å². The van der Waals surface area contributed by atoms with Gasteiger partial charge in [0.15, 0.2) is 5.75 Å². The van der Waals surface area contributed by atoms with Crippen molar-refractivity contribution in [3.8, 4) is 11.5 Å². The van der Waals surface area contributed by atoms with Gasteiger partial charge in [-0.25, -0.2) is 4.79 Å². The zero-order valence-corrected chi connectivity index (χ0v) is 18.0. The van der Waals surface area contributed by atoms with E-state index < -0.39 is 0 Å². The first-order chi connectivity index (χ1) is 15.1. The molecular formula is C24H30N4O3. The highest BCUT2D eigenvalue weighted by molar-refractivity contribution is 5.91. The van der Waals surface area contributed by atoms with E-state index in [4.69, 9.17) is 4.74 Å². The van der Waals surface area contributed by atoms with E-state index in [9.17, 15) is 9.59 Å². The lowest BCUT2D eigenvalue weighted by Crippen LogP contribution is -2.52. The highest BCUT2D eigenvalue weighted by Crippen LogP contribution is 2.30. The van der Waals surface area contributed by atoms with E-state index in [1.54, 1.807) is 4.90 Å². The van der Waals surface area contributed by atoms with Crippen LogP contribution in [0.5, 0.6) is 11.5 Å². The van der Waals surface area contributed by atoms with E-state index in [0.717, 1.165) is 37.2 Å². The van der Waals surface area contributed by atoms with Gasteiger partial charge < -0.3 is 19.9 Å². The molecule has 2 aliphatic heterocycles. The smallest absolute Gasteiger partial charge is 0.322 e. The molecule has 2 aliphatic rings. The predicted octanol–water partition coefficient (Wildman–Crippen LogP) is 3.56. The highest BCUT2D eigenvalue weighted by Gasteiger charge is 2.25. The van der Waals surface area contributed by atoms with Crippen LogP contribution in [0.15, 0.2) is 48.5 Å². The maximum atomic E-state index is 12.8. The summed E-state index contributed by atoms with van der Waals surface area (Å²) < 4.78 is 6.00. The molecule has 0 saturated carbocycles. The number of likely N-dealkylation sites (tertiary alicyclic amines) is 1. The first-order valence-electron chi connectivity index (χ1n) is 11.0. The van der Waals surface area contributed by atoms with Gasteiger partial charge in [0, 0.05) is 39.3 Å². The average Bonchev–Trinajstić information content (AvgIpc) is 3.31. The third-order valence-corrected chi connectivity index (χ3v) is 5.82. The van der Waals surface area contributed by atoms with E-state index in [-0.39, 0.29) is 11.9 Å². The molecule has 4 rings (SSSR count). The Morgan fingerprint density at radius 3 is 2.39 bits per heavy atom. The van der Waals surface area contributed by atoms with Crippen LogP contribution in [-0.4, -0.2) is 72.5 Å². The number of para-hydroxylation sites is 2. The summed E-state index contributed by atoms with van der Waals surface area (Å²) in [6.07, 6.45) is 2.21. The molecule has 0 atom stereocenters. The number of aryl methyl sites for hydroxylation is 1. The Hall–Kier alpha value is -3.06. The van der Waals surface area contributed by atoms with Crippen molar-refractivity contribution in [3.05, 3.63) is 54.1 Å². The van der Waals surface area contributed by atoms with Gasteiger partial charge in [-0.05, 0) is 49.6 Å². The van der Waals surface area contributed by atoms with Gasteiger partial charge in [-0.1, -0.05) is 24.3 Å². The minimum Gasteiger partial charge on any atom is -0.455 e. The Morgan fingerprint density at radius 1 is 0.903 bits per heavy atom. The Kier molecular flexibility index (Phi) is 6.72. The zero-order chi connectivity index (χ0) is 21.6. The van der Waals surface area contributed by atoms with E-state index in [1.807, 2.05) is 60.4 Å². The maximum absolute atomic E-state index is 12.8.